The maximum absolute atomic E-state index is 13.8. The Hall–Kier alpha value is -3.48. The summed E-state index contributed by atoms with van der Waals surface area (Å²) in [7, 11) is 0. The number of aliphatic hydroxyl groups is 1. The number of hydrogen-bond donors (Lipinski definition) is 4. The molecular formula is C50H89N3O10. The van der Waals surface area contributed by atoms with Crippen molar-refractivity contribution in [2.75, 3.05) is 19.8 Å². The summed E-state index contributed by atoms with van der Waals surface area (Å²) < 4.78 is 12.9. The predicted molar refractivity (Wildman–Crippen MR) is 248 cm³/mol. The summed E-state index contributed by atoms with van der Waals surface area (Å²) in [5.74, 6) is -4.47. The van der Waals surface area contributed by atoms with Crippen LogP contribution < -0.4 is 5.32 Å². The maximum Gasteiger partial charge on any atom is 0.310 e. The van der Waals surface area contributed by atoms with Crippen molar-refractivity contribution in [1.29, 1.82) is 0 Å². The fourth-order valence-electron chi connectivity index (χ4n) is 8.72. The van der Waals surface area contributed by atoms with Crippen molar-refractivity contribution in [3.8, 4) is 0 Å². The highest BCUT2D eigenvalue weighted by atomic mass is 16.5. The number of amides is 1. The SMILES string of the molecule is CCCCCCCCC(CCCCCC)(CC(COC(=O)CCNC(=O)[C@H](O)C(C)(C)COC(=O)CCn1cccn1)C(CCCCCC)(CCCCCCCC)C(=O)O)C(=O)O. The van der Waals surface area contributed by atoms with E-state index in [-0.39, 0.29) is 39.0 Å². The normalized spacial score (nSPS) is 14.6. The Bertz CT molecular complexity index is 1400. The molecule has 4 atom stereocenters. The molecule has 1 heterocycles. The van der Waals surface area contributed by atoms with E-state index in [2.05, 4.69) is 38.1 Å². The number of rotatable bonds is 41. The number of carbonyl (C=O) groups is 5. The molecule has 3 unspecified atom stereocenters. The van der Waals surface area contributed by atoms with Gasteiger partial charge in [0.25, 0.3) is 0 Å². The number of aliphatic hydroxyl groups excluding tert-OH is 1. The number of nitrogens with zero attached hydrogens (tertiary/aromatic N) is 2. The lowest BCUT2D eigenvalue weighted by molar-refractivity contribution is -0.166. The highest BCUT2D eigenvalue weighted by Gasteiger charge is 2.50. The standard InChI is InChI=1S/C50H89N3O10/c1-7-11-15-19-21-24-31-49(46(58)59,30-23-17-13-9-3)38-41(50(47(60)61,32-25-18-14-10-4)33-26-22-20-16-12-8-2)39-62-42(54)28-35-51-45(57)44(56)48(5,6)40-63-43(55)29-37-53-36-27-34-52-53/h27,34,36,41,44,56H,7-26,28-33,35,37-40H2,1-6H3,(H,51,57)(H,58,59)(H,60,61)/t41?,44-,49?,50?/m0/s1. The van der Waals surface area contributed by atoms with Crippen LogP contribution in [0.3, 0.4) is 0 Å². The van der Waals surface area contributed by atoms with Crippen LogP contribution in [-0.4, -0.2) is 80.7 Å². The number of aliphatic carboxylic acids is 2. The number of carboxylic acid groups (broad SMARTS) is 2. The number of unbranched alkanes of at least 4 members (excludes halogenated alkanes) is 16. The molecule has 0 bridgehead atoms. The molecule has 1 aromatic heterocycles. The fourth-order valence-corrected chi connectivity index (χ4v) is 8.72. The zero-order valence-corrected chi connectivity index (χ0v) is 40.4. The van der Waals surface area contributed by atoms with Crippen LogP contribution in [-0.2, 0) is 40.0 Å². The van der Waals surface area contributed by atoms with Crippen molar-refractivity contribution < 1.29 is 48.8 Å². The summed E-state index contributed by atoms with van der Waals surface area (Å²) in [5, 5.41) is 40.0. The Balaban J connectivity index is 3.31. The second-order valence-corrected chi connectivity index (χ2v) is 18.9. The third-order valence-electron chi connectivity index (χ3n) is 13.0. The van der Waals surface area contributed by atoms with Gasteiger partial charge in [0.15, 0.2) is 0 Å². The molecule has 0 fully saturated rings. The minimum Gasteiger partial charge on any atom is -0.481 e. The van der Waals surface area contributed by atoms with Crippen LogP contribution in [0.25, 0.3) is 0 Å². The van der Waals surface area contributed by atoms with Crippen molar-refractivity contribution in [2.24, 2.45) is 22.2 Å². The van der Waals surface area contributed by atoms with Crippen LogP contribution in [0.5, 0.6) is 0 Å². The summed E-state index contributed by atoms with van der Waals surface area (Å²) in [5.41, 5.74) is -3.57. The molecule has 0 saturated carbocycles. The molecule has 0 aliphatic rings. The summed E-state index contributed by atoms with van der Waals surface area (Å²) in [4.78, 5) is 66.2. The Labute approximate surface area is 380 Å². The van der Waals surface area contributed by atoms with Gasteiger partial charge in [-0.2, -0.15) is 5.10 Å². The number of nitrogens with one attached hydrogen (secondary N) is 1. The second kappa shape index (κ2) is 33.1. The largest absolute Gasteiger partial charge is 0.481 e. The van der Waals surface area contributed by atoms with Crippen molar-refractivity contribution in [3.63, 3.8) is 0 Å². The molecule has 364 valence electrons. The van der Waals surface area contributed by atoms with Gasteiger partial charge >= 0.3 is 23.9 Å². The van der Waals surface area contributed by atoms with E-state index in [0.29, 0.717) is 45.1 Å². The number of hydrogen-bond acceptors (Lipinski definition) is 9. The van der Waals surface area contributed by atoms with E-state index in [0.717, 1.165) is 116 Å². The zero-order valence-electron chi connectivity index (χ0n) is 40.4. The molecule has 13 nitrogen and oxygen atoms in total. The molecular weight excluding hydrogens is 803 g/mol. The smallest absolute Gasteiger partial charge is 0.310 e. The number of carboxylic acids is 2. The molecule has 13 heteroatoms. The van der Waals surface area contributed by atoms with E-state index in [9.17, 15) is 39.3 Å². The van der Waals surface area contributed by atoms with Crippen LogP contribution in [0, 0.1) is 22.2 Å². The number of ether oxygens (including phenoxy) is 2. The quantitative estimate of drug-likeness (QED) is 0.0361. The molecule has 1 amide bonds. The summed E-state index contributed by atoms with van der Waals surface area (Å²) in [6.07, 6.45) is 22.5. The molecule has 0 saturated heterocycles. The first-order chi connectivity index (χ1) is 30.1. The molecule has 1 aromatic rings. The summed E-state index contributed by atoms with van der Waals surface area (Å²) in [6, 6.07) is 1.75. The van der Waals surface area contributed by atoms with Crippen molar-refractivity contribution in [2.45, 2.75) is 228 Å². The number of aromatic nitrogens is 2. The van der Waals surface area contributed by atoms with E-state index in [4.69, 9.17) is 9.47 Å². The second-order valence-electron chi connectivity index (χ2n) is 18.9. The topological polar surface area (TPSA) is 194 Å². The number of aryl methyl sites for hydroxylation is 1. The van der Waals surface area contributed by atoms with Crippen LogP contribution >= 0.6 is 0 Å². The maximum atomic E-state index is 13.8. The van der Waals surface area contributed by atoms with Gasteiger partial charge in [-0.1, -0.05) is 170 Å². The Morgan fingerprint density at radius 2 is 1.13 bits per heavy atom. The highest BCUT2D eigenvalue weighted by molar-refractivity contribution is 5.82. The minimum absolute atomic E-state index is 0.0733. The van der Waals surface area contributed by atoms with Crippen molar-refractivity contribution >= 4 is 29.8 Å². The summed E-state index contributed by atoms with van der Waals surface area (Å²) in [6.45, 7) is 11.5. The first-order valence-electron chi connectivity index (χ1n) is 24.9. The molecule has 0 aliphatic carbocycles. The number of esters is 2. The lowest BCUT2D eigenvalue weighted by atomic mass is 9.61. The molecule has 63 heavy (non-hydrogen) atoms. The van der Waals surface area contributed by atoms with Gasteiger partial charge in [-0.3, -0.25) is 28.7 Å². The van der Waals surface area contributed by atoms with Gasteiger partial charge in [0.05, 0.1) is 43.4 Å². The average Bonchev–Trinajstić information content (AvgIpc) is 3.79. The van der Waals surface area contributed by atoms with Crippen molar-refractivity contribution in [3.05, 3.63) is 18.5 Å². The lowest BCUT2D eigenvalue weighted by Crippen LogP contribution is -2.47. The third kappa shape index (κ3) is 22.8. The van der Waals surface area contributed by atoms with Crippen LogP contribution in [0.1, 0.15) is 215 Å². The first kappa shape index (κ1) is 57.5. The zero-order chi connectivity index (χ0) is 47.0. The van der Waals surface area contributed by atoms with Gasteiger partial charge in [0, 0.05) is 30.3 Å². The monoisotopic (exact) mass is 892 g/mol. The first-order valence-corrected chi connectivity index (χ1v) is 24.9. The van der Waals surface area contributed by atoms with Crippen LogP contribution in [0.15, 0.2) is 18.5 Å². The van der Waals surface area contributed by atoms with E-state index in [1.165, 1.54) is 0 Å². The highest BCUT2D eigenvalue weighted by Crippen LogP contribution is 2.48. The Morgan fingerprint density at radius 1 is 0.651 bits per heavy atom. The number of carbonyl (C=O) groups excluding carboxylic acids is 3. The van der Waals surface area contributed by atoms with Gasteiger partial charge in [0.2, 0.25) is 5.91 Å². The van der Waals surface area contributed by atoms with E-state index < -0.39 is 58.1 Å². The van der Waals surface area contributed by atoms with E-state index >= 15 is 0 Å². The molecule has 0 spiro atoms. The van der Waals surface area contributed by atoms with E-state index in [1.54, 1.807) is 37.0 Å². The van der Waals surface area contributed by atoms with Crippen LogP contribution in [0.4, 0.5) is 0 Å². The Kier molecular flexibility index (Phi) is 30.2. The minimum atomic E-state index is -1.55. The van der Waals surface area contributed by atoms with Crippen LogP contribution in [0.2, 0.25) is 0 Å². The van der Waals surface area contributed by atoms with Gasteiger partial charge in [-0.25, -0.2) is 0 Å². The van der Waals surface area contributed by atoms with Gasteiger partial charge in [0.1, 0.15) is 6.10 Å². The molecule has 0 radical (unpaired) electrons. The van der Waals surface area contributed by atoms with Gasteiger partial charge < -0.3 is 30.1 Å². The average molecular weight is 892 g/mol. The molecule has 0 aromatic carbocycles. The van der Waals surface area contributed by atoms with E-state index in [1.807, 2.05) is 0 Å². The predicted octanol–water partition coefficient (Wildman–Crippen LogP) is 10.8. The van der Waals surface area contributed by atoms with Crippen molar-refractivity contribution in [1.82, 2.24) is 15.1 Å². The molecule has 0 aliphatic heterocycles. The molecule has 4 N–H and O–H groups in total. The third-order valence-corrected chi connectivity index (χ3v) is 13.0. The fraction of sp³-hybridized carbons (Fsp3) is 0.840. The molecule has 1 rings (SSSR count). The van der Waals surface area contributed by atoms with Gasteiger partial charge in [-0.05, 0) is 38.2 Å². The summed E-state index contributed by atoms with van der Waals surface area (Å²) >= 11 is 0. The van der Waals surface area contributed by atoms with Gasteiger partial charge in [-0.15, -0.1) is 0 Å². The lowest BCUT2D eigenvalue weighted by Gasteiger charge is -2.42. The Morgan fingerprint density at radius 3 is 1.60 bits per heavy atom.